The molecule has 0 unspecified atom stereocenters. The molecule has 0 fully saturated rings. The Hall–Kier alpha value is -3.22. The van der Waals surface area contributed by atoms with Crippen molar-refractivity contribution in [2.45, 2.75) is 53.4 Å². The van der Waals surface area contributed by atoms with Gasteiger partial charge in [0.25, 0.3) is 0 Å². The molecule has 2 aliphatic carbocycles. The maximum Gasteiger partial charge on any atom is 0.168 e. The number of ketones is 2. The lowest BCUT2D eigenvalue weighted by Gasteiger charge is -2.28. The number of hydrogen-bond donors (Lipinski definition) is 3. The smallest absolute Gasteiger partial charge is 0.168 e. The molecular weight excluding hydrogens is 396 g/mol. The lowest BCUT2D eigenvalue weighted by Crippen LogP contribution is -2.26. The summed E-state index contributed by atoms with van der Waals surface area (Å²) in [7, 11) is 0. The Morgan fingerprint density at radius 3 is 1.71 bits per heavy atom. The van der Waals surface area contributed by atoms with Crippen LogP contribution in [0.5, 0.6) is 5.75 Å². The van der Waals surface area contributed by atoms with Crippen molar-refractivity contribution in [3.8, 4) is 5.75 Å². The van der Waals surface area contributed by atoms with E-state index in [1.165, 1.54) is 24.6 Å². The molecule has 1 aromatic carbocycles. The second-order valence-corrected chi connectivity index (χ2v) is 9.79. The molecule has 31 heavy (non-hydrogen) atoms. The Bertz CT molecular complexity index is 1060. The number of allylic oxidation sites excluding steroid dienone is 4. The maximum atomic E-state index is 12.3. The van der Waals surface area contributed by atoms with Gasteiger partial charge in [0.05, 0.1) is 16.8 Å². The number of phenols is 1. The number of nitrogens with zero attached hydrogens (tertiary/aromatic N) is 2. The largest absolute Gasteiger partial charge is 0.511 e. The molecule has 0 aromatic heterocycles. The number of aromatic hydroxyl groups is 1. The summed E-state index contributed by atoms with van der Waals surface area (Å²) in [5.74, 6) is -0.505. The van der Waals surface area contributed by atoms with Crippen LogP contribution in [0.3, 0.4) is 0 Å². The molecule has 0 spiro atoms. The van der Waals surface area contributed by atoms with Crippen molar-refractivity contribution in [3.63, 3.8) is 0 Å². The highest BCUT2D eigenvalue weighted by atomic mass is 16.3. The number of carbonyl (C=O) groups is 2. The summed E-state index contributed by atoms with van der Waals surface area (Å²) in [6.45, 7) is 7.67. The number of benzene rings is 1. The van der Waals surface area contributed by atoms with E-state index in [1.807, 2.05) is 27.7 Å². The second kappa shape index (κ2) is 8.13. The molecule has 2 aliphatic rings. The molecule has 3 rings (SSSR count). The van der Waals surface area contributed by atoms with Crippen LogP contribution in [0.1, 0.15) is 53.4 Å². The van der Waals surface area contributed by atoms with Crippen molar-refractivity contribution < 1.29 is 24.9 Å². The SMILES string of the molecule is CC1(C)CC(=O)C(C=Nc2ccc(N=CC3=C(O)CC(C)(C)CC3=O)c(O)c2)=C(O)C1. The molecule has 0 aliphatic heterocycles. The first-order chi connectivity index (χ1) is 14.4. The van der Waals surface area contributed by atoms with Gasteiger partial charge in [-0.1, -0.05) is 27.7 Å². The average molecular weight is 424 g/mol. The number of phenolic OH excluding ortho intramolecular Hbond substituents is 1. The fourth-order valence-electron chi connectivity index (χ4n) is 3.87. The average Bonchev–Trinajstić information content (AvgIpc) is 2.59. The molecule has 0 atom stereocenters. The highest BCUT2D eigenvalue weighted by molar-refractivity contribution is 6.15. The Labute approximate surface area is 181 Å². The van der Waals surface area contributed by atoms with E-state index in [0.717, 1.165) is 0 Å². The van der Waals surface area contributed by atoms with E-state index in [-0.39, 0.29) is 56.5 Å². The number of Topliss-reactive ketones (excluding diaryl/α,β-unsaturated/α-hetero) is 2. The van der Waals surface area contributed by atoms with Crippen LogP contribution >= 0.6 is 0 Å². The number of aliphatic imine (C=N–C) groups is 2. The van der Waals surface area contributed by atoms with Gasteiger partial charge < -0.3 is 15.3 Å². The predicted molar refractivity (Wildman–Crippen MR) is 120 cm³/mol. The summed E-state index contributed by atoms with van der Waals surface area (Å²) >= 11 is 0. The lowest BCUT2D eigenvalue weighted by molar-refractivity contribution is -0.118. The summed E-state index contributed by atoms with van der Waals surface area (Å²) in [6.07, 6.45) is 4.02. The molecule has 0 radical (unpaired) electrons. The molecule has 0 bridgehead atoms. The van der Waals surface area contributed by atoms with Gasteiger partial charge in [-0.2, -0.15) is 0 Å². The van der Waals surface area contributed by atoms with Crippen LogP contribution in [0.25, 0.3) is 0 Å². The lowest BCUT2D eigenvalue weighted by atomic mass is 9.77. The van der Waals surface area contributed by atoms with Crippen LogP contribution in [0.2, 0.25) is 0 Å². The number of rotatable bonds is 4. The van der Waals surface area contributed by atoms with Gasteiger partial charge in [0.15, 0.2) is 11.6 Å². The van der Waals surface area contributed by atoms with Gasteiger partial charge in [-0.15, -0.1) is 0 Å². The van der Waals surface area contributed by atoms with Crippen LogP contribution in [0.15, 0.2) is 50.8 Å². The minimum Gasteiger partial charge on any atom is -0.511 e. The standard InChI is InChI=1S/C24H28N2O5/c1-23(2)8-19(28)15(20(29)9-23)12-25-14-5-6-17(18(27)7-14)26-13-16-21(30)10-24(3,4)11-22(16)31/h5-7,12-13,27-28,30H,8-11H2,1-4H3. The van der Waals surface area contributed by atoms with E-state index < -0.39 is 0 Å². The first kappa shape index (κ1) is 22.5. The number of aliphatic hydroxyl groups is 2. The number of aliphatic hydroxyl groups excluding tert-OH is 2. The fourth-order valence-corrected chi connectivity index (χ4v) is 3.87. The zero-order chi connectivity index (χ0) is 23.0. The zero-order valence-electron chi connectivity index (χ0n) is 18.3. The van der Waals surface area contributed by atoms with Crippen LogP contribution in [0, 0.1) is 10.8 Å². The topological polar surface area (TPSA) is 120 Å². The third kappa shape index (κ3) is 5.29. The van der Waals surface area contributed by atoms with Crippen molar-refractivity contribution in [2.24, 2.45) is 20.8 Å². The van der Waals surface area contributed by atoms with Crippen molar-refractivity contribution >= 4 is 35.4 Å². The second-order valence-electron chi connectivity index (χ2n) is 9.79. The third-order valence-corrected chi connectivity index (χ3v) is 5.43. The summed E-state index contributed by atoms with van der Waals surface area (Å²) in [5.41, 5.74) is 0.362. The Morgan fingerprint density at radius 2 is 1.26 bits per heavy atom. The molecule has 7 heteroatoms. The fraction of sp³-hybridized carbons (Fsp3) is 0.417. The van der Waals surface area contributed by atoms with E-state index >= 15 is 0 Å². The predicted octanol–water partition coefficient (Wildman–Crippen LogP) is 5.20. The van der Waals surface area contributed by atoms with Gasteiger partial charge in [0, 0.05) is 44.2 Å². The minimum atomic E-state index is -0.292. The molecule has 3 N–H and O–H groups in total. The maximum absolute atomic E-state index is 12.3. The van der Waals surface area contributed by atoms with Crippen molar-refractivity contribution in [3.05, 3.63) is 40.9 Å². The van der Waals surface area contributed by atoms with Crippen LogP contribution in [0.4, 0.5) is 11.4 Å². The molecule has 0 saturated heterocycles. The summed E-state index contributed by atoms with van der Waals surface area (Å²) in [4.78, 5) is 32.9. The molecule has 0 amide bonds. The Morgan fingerprint density at radius 1 is 0.774 bits per heavy atom. The molecule has 0 saturated carbocycles. The number of hydrogen-bond acceptors (Lipinski definition) is 7. The van der Waals surface area contributed by atoms with Gasteiger partial charge in [0.2, 0.25) is 0 Å². The van der Waals surface area contributed by atoms with Gasteiger partial charge in [-0.25, -0.2) is 0 Å². The molecule has 7 nitrogen and oxygen atoms in total. The van der Waals surface area contributed by atoms with Crippen LogP contribution in [-0.4, -0.2) is 39.3 Å². The summed E-state index contributed by atoms with van der Waals surface area (Å²) < 4.78 is 0. The highest BCUT2D eigenvalue weighted by Crippen LogP contribution is 2.37. The quantitative estimate of drug-likeness (QED) is 0.574. The Balaban J connectivity index is 1.78. The van der Waals surface area contributed by atoms with Gasteiger partial charge in [-0.05, 0) is 23.0 Å². The van der Waals surface area contributed by atoms with Crippen molar-refractivity contribution in [2.75, 3.05) is 0 Å². The van der Waals surface area contributed by atoms with Crippen LogP contribution in [-0.2, 0) is 9.59 Å². The van der Waals surface area contributed by atoms with E-state index in [9.17, 15) is 24.9 Å². The summed E-state index contributed by atoms with van der Waals surface area (Å²) in [6, 6.07) is 4.49. The zero-order valence-corrected chi connectivity index (χ0v) is 18.3. The number of carbonyl (C=O) groups excluding carboxylic acids is 2. The normalized spacial score (nSPS) is 21.5. The van der Waals surface area contributed by atoms with Gasteiger partial charge in [-0.3, -0.25) is 19.6 Å². The van der Waals surface area contributed by atoms with Gasteiger partial charge >= 0.3 is 0 Å². The van der Waals surface area contributed by atoms with E-state index in [0.29, 0.717) is 31.4 Å². The Kier molecular flexibility index (Phi) is 5.89. The van der Waals surface area contributed by atoms with E-state index in [1.54, 1.807) is 6.07 Å². The van der Waals surface area contributed by atoms with Gasteiger partial charge in [0.1, 0.15) is 23.0 Å². The highest BCUT2D eigenvalue weighted by Gasteiger charge is 2.33. The monoisotopic (exact) mass is 424 g/mol. The van der Waals surface area contributed by atoms with Crippen LogP contribution < -0.4 is 0 Å². The first-order valence-corrected chi connectivity index (χ1v) is 10.2. The molecule has 0 heterocycles. The van der Waals surface area contributed by atoms with Crippen molar-refractivity contribution in [1.29, 1.82) is 0 Å². The van der Waals surface area contributed by atoms with Crippen molar-refractivity contribution in [1.82, 2.24) is 0 Å². The first-order valence-electron chi connectivity index (χ1n) is 10.2. The molecule has 164 valence electrons. The van der Waals surface area contributed by atoms with E-state index in [4.69, 9.17) is 0 Å². The summed E-state index contributed by atoms with van der Waals surface area (Å²) in [5, 5.41) is 30.6. The molecular formula is C24H28N2O5. The van der Waals surface area contributed by atoms with E-state index in [2.05, 4.69) is 9.98 Å². The minimum absolute atomic E-state index is 0.000816. The molecule has 1 aromatic rings. The third-order valence-electron chi connectivity index (χ3n) is 5.43.